The number of unbranched alkanes of at least 4 members (excludes halogenated alkanes) is 5. The Morgan fingerprint density at radius 3 is 2.10 bits per heavy atom. The topological polar surface area (TPSA) is 118 Å². The van der Waals surface area contributed by atoms with Crippen LogP contribution in [0.25, 0.3) is 0 Å². The van der Waals surface area contributed by atoms with Gasteiger partial charge in [0.05, 0.1) is 18.3 Å². The molecule has 282 valence electrons. The van der Waals surface area contributed by atoms with Gasteiger partial charge in [0.1, 0.15) is 0 Å². The van der Waals surface area contributed by atoms with Crippen LogP contribution in [0, 0.1) is 46.3 Å². The summed E-state index contributed by atoms with van der Waals surface area (Å²) < 4.78 is 20.4. The number of hydrogen-bond acceptors (Lipinski definition) is 7. The van der Waals surface area contributed by atoms with Gasteiger partial charge in [-0.05, 0) is 157 Å². The first kappa shape index (κ1) is 40.5. The molecule has 0 bridgehead atoms. The summed E-state index contributed by atoms with van der Waals surface area (Å²) in [5.41, 5.74) is 18.3. The number of nitrogens with one attached hydrogen (secondary N) is 1. The second kappa shape index (κ2) is 20.7. The minimum Gasteiger partial charge on any atom is -0.378 e. The van der Waals surface area contributed by atoms with Crippen LogP contribution in [0.15, 0.2) is 0 Å². The normalized spacial score (nSPS) is 36.8. The Labute approximate surface area is 296 Å². The molecule has 4 fully saturated rings. The van der Waals surface area contributed by atoms with Crippen molar-refractivity contribution in [3.8, 4) is 0 Å². The molecule has 4 aliphatic rings. The third-order valence-electron chi connectivity index (χ3n) is 14.2. The van der Waals surface area contributed by atoms with E-state index in [0.717, 1.165) is 52.0 Å². The fourth-order valence-electron chi connectivity index (χ4n) is 11.5. The van der Waals surface area contributed by atoms with E-state index in [1.54, 1.807) is 0 Å². The summed E-state index contributed by atoms with van der Waals surface area (Å²) in [5.74, 6) is 3.92. The van der Waals surface area contributed by atoms with Crippen LogP contribution in [0.4, 0.5) is 0 Å². The zero-order chi connectivity index (χ0) is 34.4. The van der Waals surface area contributed by atoms with Crippen LogP contribution in [0.2, 0.25) is 0 Å². The lowest BCUT2D eigenvalue weighted by Gasteiger charge is -2.65. The smallest absolute Gasteiger partial charge is 0.0637 e. The average molecular weight is 677 g/mol. The largest absolute Gasteiger partial charge is 0.378 e. The van der Waals surface area contributed by atoms with Gasteiger partial charge in [-0.2, -0.15) is 0 Å². The molecule has 0 heterocycles. The van der Waals surface area contributed by atoms with Gasteiger partial charge in [-0.1, -0.05) is 59.8 Å². The van der Waals surface area contributed by atoms with E-state index >= 15 is 0 Å². The zero-order valence-electron chi connectivity index (χ0n) is 32.0. The molecular weight excluding hydrogens is 596 g/mol. The number of fused-ring (bicyclic) bond motifs is 5. The minimum absolute atomic E-state index is 0.183. The molecule has 0 aromatic heterocycles. The van der Waals surface area contributed by atoms with Crippen molar-refractivity contribution in [1.82, 2.24) is 5.32 Å². The second-order valence-electron chi connectivity index (χ2n) is 17.1. The molecule has 4 aliphatic carbocycles. The summed E-state index contributed by atoms with van der Waals surface area (Å²) in [5, 5.41) is 3.77. The van der Waals surface area contributed by atoms with Gasteiger partial charge in [-0.25, -0.2) is 0 Å². The molecule has 0 radical (unpaired) electrons. The molecule has 7 heteroatoms. The molecule has 10 unspecified atom stereocenters. The fourth-order valence-corrected chi connectivity index (χ4v) is 11.5. The van der Waals surface area contributed by atoms with E-state index in [-0.39, 0.29) is 5.41 Å². The van der Waals surface area contributed by atoms with E-state index in [1.165, 1.54) is 96.4 Å². The minimum atomic E-state index is 0.183. The maximum atomic E-state index is 7.03. The maximum Gasteiger partial charge on any atom is 0.0637 e. The molecule has 48 heavy (non-hydrogen) atoms. The third-order valence-corrected chi connectivity index (χ3v) is 14.2. The Kier molecular flexibility index (Phi) is 17.4. The van der Waals surface area contributed by atoms with Gasteiger partial charge in [0.2, 0.25) is 0 Å². The molecule has 7 nitrogen and oxygen atoms in total. The van der Waals surface area contributed by atoms with E-state index in [4.69, 9.17) is 31.4 Å². The summed E-state index contributed by atoms with van der Waals surface area (Å²) >= 11 is 0. The molecule has 0 aliphatic heterocycles. The Bertz CT molecular complexity index is 879. The summed E-state index contributed by atoms with van der Waals surface area (Å²) in [6.07, 6.45) is 23.2. The number of nitrogens with two attached hydrogens (primary N) is 3. The van der Waals surface area contributed by atoms with E-state index in [2.05, 4.69) is 33.0 Å². The van der Waals surface area contributed by atoms with Crippen LogP contribution in [-0.2, 0) is 14.2 Å². The van der Waals surface area contributed by atoms with E-state index in [0.29, 0.717) is 78.9 Å². The summed E-state index contributed by atoms with van der Waals surface area (Å²) in [4.78, 5) is 0. The monoisotopic (exact) mass is 677 g/mol. The summed E-state index contributed by atoms with van der Waals surface area (Å²) in [6.45, 7) is 17.0. The summed E-state index contributed by atoms with van der Waals surface area (Å²) in [6, 6.07) is 0. The Balaban J connectivity index is 1.46. The Hall–Kier alpha value is -0.280. The van der Waals surface area contributed by atoms with Gasteiger partial charge in [-0.15, -0.1) is 0 Å². The standard InChI is InChI=1S/C41H80N4O3/c1-5-6-7-8-9-10-23-45-24-11-15-31(2)34-16-17-35-39-36(30-38(41(34,35)4)48-27-14-22-44)40(3)19-18-33(46-25-12-20-42)28-32(40)29-37(39)47-26-13-21-43/h31-39,45H,5-30,42-44H2,1-4H3/t31?,32?,33?,34-,35?,36?,37?,38?,39?,40?,41?/m1/s1. The zero-order valence-corrected chi connectivity index (χ0v) is 32.0. The van der Waals surface area contributed by atoms with Gasteiger partial charge in [0.25, 0.3) is 0 Å². The number of ether oxygens (including phenoxy) is 3. The average Bonchev–Trinajstić information content (AvgIpc) is 3.44. The van der Waals surface area contributed by atoms with Crippen molar-refractivity contribution < 1.29 is 14.2 Å². The van der Waals surface area contributed by atoms with Crippen LogP contribution in [0.1, 0.15) is 143 Å². The van der Waals surface area contributed by atoms with Gasteiger partial charge in [0, 0.05) is 25.2 Å². The SMILES string of the molecule is CCCCCCCCNCCCC(C)[C@H]1CCC2C3C(OCCCN)CC4CC(OCCCN)CCC4(C)C3CC(OCCCN)C21C. The highest BCUT2D eigenvalue weighted by Crippen LogP contribution is 2.69. The first-order valence-electron chi connectivity index (χ1n) is 21.0. The first-order valence-corrected chi connectivity index (χ1v) is 21.0. The highest BCUT2D eigenvalue weighted by Gasteiger charge is 2.66. The lowest BCUT2D eigenvalue weighted by Crippen LogP contribution is -2.63. The molecule has 7 N–H and O–H groups in total. The highest BCUT2D eigenvalue weighted by atomic mass is 16.5. The van der Waals surface area contributed by atoms with Crippen LogP contribution in [0.3, 0.4) is 0 Å². The van der Waals surface area contributed by atoms with Gasteiger partial charge in [0.15, 0.2) is 0 Å². The van der Waals surface area contributed by atoms with Crippen molar-refractivity contribution in [2.45, 2.75) is 162 Å². The molecule has 11 atom stereocenters. The van der Waals surface area contributed by atoms with Crippen molar-refractivity contribution in [2.24, 2.45) is 63.5 Å². The van der Waals surface area contributed by atoms with Gasteiger partial charge >= 0.3 is 0 Å². The van der Waals surface area contributed by atoms with Gasteiger partial charge in [-0.3, -0.25) is 0 Å². The van der Waals surface area contributed by atoms with Crippen LogP contribution >= 0.6 is 0 Å². The van der Waals surface area contributed by atoms with Crippen molar-refractivity contribution in [3.05, 3.63) is 0 Å². The second-order valence-corrected chi connectivity index (χ2v) is 17.1. The predicted molar refractivity (Wildman–Crippen MR) is 201 cm³/mol. The maximum absolute atomic E-state index is 7.03. The van der Waals surface area contributed by atoms with E-state index in [1.807, 2.05) is 0 Å². The van der Waals surface area contributed by atoms with Crippen molar-refractivity contribution in [1.29, 1.82) is 0 Å². The number of hydrogen-bond donors (Lipinski definition) is 4. The van der Waals surface area contributed by atoms with Crippen LogP contribution < -0.4 is 22.5 Å². The first-order chi connectivity index (χ1) is 23.3. The lowest BCUT2D eigenvalue weighted by molar-refractivity contribution is -0.227. The third kappa shape index (κ3) is 9.98. The Morgan fingerprint density at radius 1 is 0.708 bits per heavy atom. The Morgan fingerprint density at radius 2 is 1.38 bits per heavy atom. The predicted octanol–water partition coefficient (Wildman–Crippen LogP) is 7.43. The van der Waals surface area contributed by atoms with Crippen LogP contribution in [0.5, 0.6) is 0 Å². The van der Waals surface area contributed by atoms with E-state index < -0.39 is 0 Å². The van der Waals surface area contributed by atoms with Crippen molar-refractivity contribution in [2.75, 3.05) is 52.5 Å². The highest BCUT2D eigenvalue weighted by molar-refractivity contribution is 5.15. The van der Waals surface area contributed by atoms with Crippen molar-refractivity contribution in [3.63, 3.8) is 0 Å². The summed E-state index contributed by atoms with van der Waals surface area (Å²) in [7, 11) is 0. The molecule has 4 rings (SSSR count). The fraction of sp³-hybridized carbons (Fsp3) is 1.00. The van der Waals surface area contributed by atoms with Gasteiger partial charge < -0.3 is 36.7 Å². The molecule has 0 spiro atoms. The van der Waals surface area contributed by atoms with Crippen LogP contribution in [-0.4, -0.2) is 70.9 Å². The molecule has 0 amide bonds. The number of rotatable bonds is 24. The molecule has 0 saturated heterocycles. The quantitative estimate of drug-likeness (QED) is 0.0786. The molecule has 4 saturated carbocycles. The molecular formula is C41H80N4O3. The van der Waals surface area contributed by atoms with E-state index in [9.17, 15) is 0 Å². The molecule has 0 aromatic carbocycles. The van der Waals surface area contributed by atoms with Crippen molar-refractivity contribution >= 4 is 0 Å². The molecule has 0 aromatic rings. The lowest BCUT2D eigenvalue weighted by atomic mass is 9.43.